The van der Waals surface area contributed by atoms with Crippen molar-refractivity contribution in [2.45, 2.75) is 11.8 Å². The second-order valence-electron chi connectivity index (χ2n) is 4.64. The number of benzene rings is 1. The molecule has 0 radical (unpaired) electrons. The highest BCUT2D eigenvalue weighted by atomic mass is 79.9. The molecule has 6 nitrogen and oxygen atoms in total. The molecule has 0 atom stereocenters. The Kier molecular flexibility index (Phi) is 6.10. The van der Waals surface area contributed by atoms with Gasteiger partial charge in [0.15, 0.2) is 0 Å². The maximum Gasteiger partial charge on any atom is 0.265 e. The molecule has 0 saturated heterocycles. The first-order valence-corrected chi connectivity index (χ1v) is 9.26. The molecule has 24 heavy (non-hydrogen) atoms. The number of pyridine rings is 1. The second kappa shape index (κ2) is 8.07. The Balaban J connectivity index is 2.04. The number of hydrogen-bond acceptors (Lipinski definition) is 5. The molecule has 1 N–H and O–H groups in total. The highest BCUT2D eigenvalue weighted by Gasteiger charge is 2.16. The summed E-state index contributed by atoms with van der Waals surface area (Å²) in [6, 6.07) is 8.43. The summed E-state index contributed by atoms with van der Waals surface area (Å²) < 4.78 is 31.9. The Hall–Kier alpha value is -2.19. The van der Waals surface area contributed by atoms with Gasteiger partial charge in [-0.05, 0) is 52.7 Å². The van der Waals surface area contributed by atoms with Crippen molar-refractivity contribution in [3.05, 3.63) is 58.8 Å². The van der Waals surface area contributed by atoms with Crippen LogP contribution in [0.15, 0.2) is 58.2 Å². The van der Waals surface area contributed by atoms with Crippen LogP contribution in [0.3, 0.4) is 0 Å². The van der Waals surface area contributed by atoms with Crippen LogP contribution in [0, 0.1) is 0 Å². The zero-order chi connectivity index (χ0) is 17.6. The summed E-state index contributed by atoms with van der Waals surface area (Å²) in [7, 11) is -3.96. The van der Waals surface area contributed by atoms with Crippen LogP contribution in [-0.4, -0.2) is 25.9 Å². The predicted octanol–water partition coefficient (Wildman–Crippen LogP) is 2.76. The molecule has 2 rings (SSSR count). The first-order valence-electron chi connectivity index (χ1n) is 6.99. The van der Waals surface area contributed by atoms with E-state index in [0.717, 1.165) is 23.6 Å². The molecule has 1 amide bonds. The van der Waals surface area contributed by atoms with Crippen LogP contribution < -0.4 is 9.46 Å². The highest BCUT2D eigenvalue weighted by Crippen LogP contribution is 2.15. The van der Waals surface area contributed by atoms with E-state index < -0.39 is 15.9 Å². The average molecular weight is 411 g/mol. The average Bonchev–Trinajstić information content (AvgIpc) is 2.54. The zero-order valence-corrected chi connectivity index (χ0v) is 15.2. The number of nitrogens with zero attached hydrogens (tertiary/aromatic N) is 1. The molecule has 1 aromatic heterocycles. The van der Waals surface area contributed by atoms with Crippen LogP contribution in [0.1, 0.15) is 12.5 Å². The molecule has 0 aliphatic rings. The van der Waals surface area contributed by atoms with Crippen LogP contribution in [0.4, 0.5) is 0 Å². The first-order chi connectivity index (χ1) is 11.4. The fourth-order valence-corrected chi connectivity index (χ4v) is 3.23. The lowest BCUT2D eigenvalue weighted by molar-refractivity contribution is -0.114. The van der Waals surface area contributed by atoms with E-state index in [-0.39, 0.29) is 4.90 Å². The van der Waals surface area contributed by atoms with Crippen molar-refractivity contribution < 1.29 is 17.9 Å². The monoisotopic (exact) mass is 410 g/mol. The van der Waals surface area contributed by atoms with Gasteiger partial charge in [-0.15, -0.1) is 0 Å². The Bertz CT molecular complexity index is 849. The summed E-state index contributed by atoms with van der Waals surface area (Å²) in [5.74, 6) is -0.0207. The van der Waals surface area contributed by atoms with Crippen molar-refractivity contribution in [1.29, 1.82) is 0 Å². The third-order valence-corrected chi connectivity index (χ3v) is 4.59. The van der Waals surface area contributed by atoms with Crippen LogP contribution in [-0.2, 0) is 14.8 Å². The second-order valence-corrected chi connectivity index (χ2v) is 7.24. The number of amides is 1. The van der Waals surface area contributed by atoms with Gasteiger partial charge in [-0.3, -0.25) is 9.78 Å². The number of sulfonamides is 1. The van der Waals surface area contributed by atoms with Crippen molar-refractivity contribution in [3.63, 3.8) is 0 Å². The van der Waals surface area contributed by atoms with Crippen molar-refractivity contribution in [1.82, 2.24) is 9.71 Å². The third-order valence-electron chi connectivity index (χ3n) is 2.84. The van der Waals surface area contributed by atoms with Gasteiger partial charge >= 0.3 is 0 Å². The molecule has 8 heteroatoms. The van der Waals surface area contributed by atoms with Gasteiger partial charge in [0, 0.05) is 22.9 Å². The molecule has 126 valence electrons. The Morgan fingerprint density at radius 2 is 2.00 bits per heavy atom. The molecule has 0 aliphatic heterocycles. The number of ether oxygens (including phenoxy) is 1. The summed E-state index contributed by atoms with van der Waals surface area (Å²) in [4.78, 5) is 15.5. The highest BCUT2D eigenvalue weighted by molar-refractivity contribution is 9.10. The molecular weight excluding hydrogens is 396 g/mol. The largest absolute Gasteiger partial charge is 0.494 e. The molecular formula is C16H15BrN2O4S. The first kappa shape index (κ1) is 18.2. The van der Waals surface area contributed by atoms with E-state index >= 15 is 0 Å². The number of halogens is 1. The Morgan fingerprint density at radius 3 is 2.62 bits per heavy atom. The van der Waals surface area contributed by atoms with Crippen LogP contribution in [0.2, 0.25) is 0 Å². The fourth-order valence-electron chi connectivity index (χ4n) is 1.78. The minimum Gasteiger partial charge on any atom is -0.494 e. The summed E-state index contributed by atoms with van der Waals surface area (Å²) in [5.41, 5.74) is 0.745. The van der Waals surface area contributed by atoms with E-state index in [1.54, 1.807) is 24.3 Å². The number of aromatic nitrogens is 1. The fraction of sp³-hybridized carbons (Fsp3) is 0.125. The van der Waals surface area contributed by atoms with Crippen molar-refractivity contribution in [2.24, 2.45) is 0 Å². The normalized spacial score (nSPS) is 11.4. The summed E-state index contributed by atoms with van der Waals surface area (Å²) >= 11 is 3.14. The molecule has 0 aliphatic carbocycles. The van der Waals surface area contributed by atoms with Gasteiger partial charge in [-0.2, -0.15) is 0 Å². The van der Waals surface area contributed by atoms with Crippen molar-refractivity contribution in [2.75, 3.05) is 6.61 Å². The molecule has 0 spiro atoms. The summed E-state index contributed by atoms with van der Waals surface area (Å²) in [5, 5.41) is 0. The van der Waals surface area contributed by atoms with E-state index in [1.807, 2.05) is 11.6 Å². The Morgan fingerprint density at radius 1 is 1.29 bits per heavy atom. The molecule has 2 aromatic rings. The molecule has 0 bridgehead atoms. The third kappa shape index (κ3) is 5.17. The molecule has 0 unspecified atom stereocenters. The SMILES string of the molecule is CCOc1ccc(C=CC(=O)NS(=O)(=O)c2cncc(Br)c2)cc1. The minimum absolute atomic E-state index is 0.0975. The minimum atomic E-state index is -3.96. The van der Waals surface area contributed by atoms with Crippen LogP contribution >= 0.6 is 15.9 Å². The lowest BCUT2D eigenvalue weighted by Gasteiger charge is -2.05. The van der Waals surface area contributed by atoms with Gasteiger partial charge in [0.25, 0.3) is 15.9 Å². The van der Waals surface area contributed by atoms with E-state index in [2.05, 4.69) is 20.9 Å². The molecule has 1 aromatic carbocycles. The summed E-state index contributed by atoms with van der Waals surface area (Å²) in [6.45, 7) is 2.46. The van der Waals surface area contributed by atoms with Gasteiger partial charge in [0.05, 0.1) is 6.61 Å². The van der Waals surface area contributed by atoms with Gasteiger partial charge < -0.3 is 4.74 Å². The lowest BCUT2D eigenvalue weighted by atomic mass is 10.2. The number of carbonyl (C=O) groups is 1. The maximum atomic E-state index is 12.1. The van der Waals surface area contributed by atoms with Crippen molar-refractivity contribution in [3.8, 4) is 5.75 Å². The van der Waals surface area contributed by atoms with Gasteiger partial charge in [-0.1, -0.05) is 12.1 Å². The van der Waals surface area contributed by atoms with Crippen LogP contribution in [0.5, 0.6) is 5.75 Å². The number of rotatable bonds is 6. The number of carbonyl (C=O) groups excluding carboxylic acids is 1. The van der Waals surface area contributed by atoms with Gasteiger partial charge in [-0.25, -0.2) is 13.1 Å². The Labute approximate surface area is 148 Å². The van der Waals surface area contributed by atoms with Gasteiger partial charge in [0.2, 0.25) is 0 Å². The summed E-state index contributed by atoms with van der Waals surface area (Å²) in [6.07, 6.45) is 5.28. The van der Waals surface area contributed by atoms with Crippen molar-refractivity contribution >= 4 is 37.9 Å². The molecule has 0 fully saturated rings. The lowest BCUT2D eigenvalue weighted by Crippen LogP contribution is -2.29. The quantitative estimate of drug-likeness (QED) is 0.739. The maximum absolute atomic E-state index is 12.1. The van der Waals surface area contributed by atoms with E-state index in [4.69, 9.17) is 4.74 Å². The number of nitrogens with one attached hydrogen (secondary N) is 1. The number of hydrogen-bond donors (Lipinski definition) is 1. The smallest absolute Gasteiger partial charge is 0.265 e. The van der Waals surface area contributed by atoms with Crippen LogP contribution in [0.25, 0.3) is 6.08 Å². The predicted molar refractivity (Wildman–Crippen MR) is 93.9 cm³/mol. The standard InChI is InChI=1S/C16H15BrN2O4S/c1-2-23-14-6-3-12(4-7-14)5-8-16(20)19-24(21,22)15-9-13(17)10-18-11-15/h3-11H,2H2,1H3,(H,19,20). The van der Waals surface area contributed by atoms with Gasteiger partial charge in [0.1, 0.15) is 10.6 Å². The molecule has 0 saturated carbocycles. The van der Waals surface area contributed by atoms with E-state index in [0.29, 0.717) is 11.1 Å². The van der Waals surface area contributed by atoms with E-state index in [9.17, 15) is 13.2 Å². The molecule has 1 heterocycles. The zero-order valence-electron chi connectivity index (χ0n) is 12.8. The topological polar surface area (TPSA) is 85.4 Å². The van der Waals surface area contributed by atoms with E-state index in [1.165, 1.54) is 18.3 Å².